The van der Waals surface area contributed by atoms with E-state index >= 15 is 0 Å². The second-order valence-electron chi connectivity index (χ2n) is 7.70. The van der Waals surface area contributed by atoms with Crippen molar-refractivity contribution < 1.29 is 14.2 Å². The topological polar surface area (TPSA) is 64.1 Å². The first kappa shape index (κ1) is 24.9. The zero-order valence-corrected chi connectivity index (χ0v) is 19.8. The van der Waals surface area contributed by atoms with Crippen molar-refractivity contribution in [2.45, 2.75) is 64.4 Å². The van der Waals surface area contributed by atoms with Crippen molar-refractivity contribution in [3.63, 3.8) is 0 Å². The molecular weight excluding hydrogens is 457 g/mol. The van der Waals surface area contributed by atoms with Gasteiger partial charge in [0.25, 0.3) is 0 Å². The molecule has 0 aromatic rings. The maximum absolute atomic E-state index is 5.83. The SMILES string of the molecule is CCNC(=NCC1(CCOCC)CCCC1)NCC1(OC)CCOCC1.I. The minimum atomic E-state index is -0.144. The third-order valence-corrected chi connectivity index (χ3v) is 5.98. The zero-order valence-electron chi connectivity index (χ0n) is 17.5. The van der Waals surface area contributed by atoms with E-state index < -0.39 is 0 Å². The fourth-order valence-corrected chi connectivity index (χ4v) is 4.07. The Hall–Kier alpha value is -0.120. The molecule has 2 fully saturated rings. The highest BCUT2D eigenvalue weighted by atomic mass is 127. The van der Waals surface area contributed by atoms with E-state index in [-0.39, 0.29) is 29.6 Å². The molecule has 160 valence electrons. The van der Waals surface area contributed by atoms with E-state index in [1.54, 1.807) is 7.11 Å². The van der Waals surface area contributed by atoms with Crippen LogP contribution in [0.25, 0.3) is 0 Å². The summed E-state index contributed by atoms with van der Waals surface area (Å²) < 4.78 is 16.9. The number of aliphatic imine (C=N–C) groups is 1. The molecule has 27 heavy (non-hydrogen) atoms. The Kier molecular flexibility index (Phi) is 12.2. The lowest BCUT2D eigenvalue weighted by atomic mass is 9.83. The van der Waals surface area contributed by atoms with E-state index in [0.29, 0.717) is 5.41 Å². The van der Waals surface area contributed by atoms with Gasteiger partial charge in [-0.3, -0.25) is 4.99 Å². The molecule has 0 aromatic carbocycles. The number of ether oxygens (including phenoxy) is 3. The van der Waals surface area contributed by atoms with Gasteiger partial charge in [-0.1, -0.05) is 12.8 Å². The van der Waals surface area contributed by atoms with Crippen LogP contribution in [0.2, 0.25) is 0 Å². The highest BCUT2D eigenvalue weighted by Gasteiger charge is 2.34. The predicted octanol–water partition coefficient (Wildman–Crippen LogP) is 3.34. The molecule has 0 amide bonds. The molecule has 2 rings (SSSR count). The zero-order chi connectivity index (χ0) is 18.7. The van der Waals surface area contributed by atoms with Crippen molar-refractivity contribution >= 4 is 29.9 Å². The van der Waals surface area contributed by atoms with Crippen LogP contribution >= 0.6 is 24.0 Å². The number of methoxy groups -OCH3 is 1. The van der Waals surface area contributed by atoms with E-state index in [1.807, 2.05) is 0 Å². The number of hydrogen-bond donors (Lipinski definition) is 2. The average Bonchev–Trinajstić information content (AvgIpc) is 3.14. The van der Waals surface area contributed by atoms with Crippen molar-refractivity contribution in [2.75, 3.05) is 53.2 Å². The maximum atomic E-state index is 5.83. The van der Waals surface area contributed by atoms with E-state index in [4.69, 9.17) is 19.2 Å². The van der Waals surface area contributed by atoms with Crippen LogP contribution in [-0.2, 0) is 14.2 Å². The monoisotopic (exact) mass is 497 g/mol. The highest BCUT2D eigenvalue weighted by molar-refractivity contribution is 14.0. The molecular formula is C20H40IN3O3. The van der Waals surface area contributed by atoms with Gasteiger partial charge in [-0.2, -0.15) is 0 Å². The minimum absolute atomic E-state index is 0. The number of rotatable bonds is 10. The largest absolute Gasteiger partial charge is 0.382 e. The molecule has 1 saturated carbocycles. The molecule has 0 unspecified atom stereocenters. The van der Waals surface area contributed by atoms with Gasteiger partial charge in [0, 0.05) is 66.0 Å². The highest BCUT2D eigenvalue weighted by Crippen LogP contribution is 2.41. The van der Waals surface area contributed by atoms with Crippen LogP contribution in [-0.4, -0.2) is 64.7 Å². The summed E-state index contributed by atoms with van der Waals surface area (Å²) in [5, 5.41) is 6.91. The Morgan fingerprint density at radius 1 is 1.07 bits per heavy atom. The van der Waals surface area contributed by atoms with Crippen LogP contribution in [0.4, 0.5) is 0 Å². The molecule has 0 atom stereocenters. The summed E-state index contributed by atoms with van der Waals surface area (Å²) in [5.41, 5.74) is 0.170. The van der Waals surface area contributed by atoms with Crippen molar-refractivity contribution in [3.05, 3.63) is 0 Å². The average molecular weight is 497 g/mol. The van der Waals surface area contributed by atoms with Gasteiger partial charge in [0.15, 0.2) is 5.96 Å². The van der Waals surface area contributed by atoms with E-state index in [1.165, 1.54) is 25.7 Å². The molecule has 1 saturated heterocycles. The number of nitrogens with zero attached hydrogens (tertiary/aromatic N) is 1. The maximum Gasteiger partial charge on any atom is 0.191 e. The molecule has 1 heterocycles. The molecule has 0 spiro atoms. The summed E-state index contributed by atoms with van der Waals surface area (Å²) in [6.07, 6.45) is 8.13. The third-order valence-electron chi connectivity index (χ3n) is 5.98. The van der Waals surface area contributed by atoms with Crippen LogP contribution in [0.15, 0.2) is 4.99 Å². The molecule has 6 nitrogen and oxygen atoms in total. The van der Waals surface area contributed by atoms with Crippen LogP contribution in [0.3, 0.4) is 0 Å². The van der Waals surface area contributed by atoms with E-state index in [2.05, 4.69) is 24.5 Å². The number of halogens is 1. The number of nitrogens with one attached hydrogen (secondary N) is 2. The first-order valence-electron chi connectivity index (χ1n) is 10.4. The molecule has 1 aliphatic heterocycles. The van der Waals surface area contributed by atoms with E-state index in [0.717, 1.165) is 71.3 Å². The van der Waals surface area contributed by atoms with Gasteiger partial charge < -0.3 is 24.8 Å². The number of guanidine groups is 1. The Bertz CT molecular complexity index is 423. The normalized spacial score (nSPS) is 21.5. The fraction of sp³-hybridized carbons (Fsp3) is 0.950. The van der Waals surface area contributed by atoms with Crippen LogP contribution in [0, 0.1) is 5.41 Å². The van der Waals surface area contributed by atoms with Gasteiger partial charge in [-0.05, 0) is 38.5 Å². The van der Waals surface area contributed by atoms with Gasteiger partial charge in [0.1, 0.15) is 0 Å². The second-order valence-corrected chi connectivity index (χ2v) is 7.70. The van der Waals surface area contributed by atoms with Gasteiger partial charge in [-0.25, -0.2) is 0 Å². The third kappa shape index (κ3) is 8.03. The summed E-state index contributed by atoms with van der Waals surface area (Å²) >= 11 is 0. The van der Waals surface area contributed by atoms with Crippen LogP contribution in [0.1, 0.15) is 58.8 Å². The summed E-state index contributed by atoms with van der Waals surface area (Å²) in [7, 11) is 1.80. The smallest absolute Gasteiger partial charge is 0.191 e. The molecule has 2 N–H and O–H groups in total. The van der Waals surface area contributed by atoms with E-state index in [9.17, 15) is 0 Å². The second kappa shape index (κ2) is 13.2. The lowest BCUT2D eigenvalue weighted by Crippen LogP contribution is -2.51. The lowest BCUT2D eigenvalue weighted by molar-refractivity contribution is -0.0855. The molecule has 1 aliphatic carbocycles. The molecule has 2 aliphatic rings. The molecule has 0 aromatic heterocycles. The standard InChI is InChI=1S/C20H39N3O3.HI/c1-4-21-18(23-17-20(24-3)11-14-26-15-12-20)22-16-19(8-6-7-9-19)10-13-25-5-2;/h4-17H2,1-3H3,(H2,21,22,23);1H. The van der Waals surface area contributed by atoms with Gasteiger partial charge in [0.2, 0.25) is 0 Å². The first-order chi connectivity index (χ1) is 12.7. The quantitative estimate of drug-likeness (QED) is 0.210. The molecule has 0 radical (unpaired) electrons. The Balaban J connectivity index is 0.00000364. The van der Waals surface area contributed by atoms with Crippen LogP contribution in [0.5, 0.6) is 0 Å². The summed E-state index contributed by atoms with van der Waals surface area (Å²) in [6, 6.07) is 0. The Morgan fingerprint density at radius 2 is 1.78 bits per heavy atom. The summed E-state index contributed by atoms with van der Waals surface area (Å²) in [4.78, 5) is 4.95. The summed E-state index contributed by atoms with van der Waals surface area (Å²) in [6.45, 7) is 9.86. The molecule has 0 bridgehead atoms. The van der Waals surface area contributed by atoms with Gasteiger partial charge >= 0.3 is 0 Å². The van der Waals surface area contributed by atoms with Gasteiger partial charge in [-0.15, -0.1) is 24.0 Å². The summed E-state index contributed by atoms with van der Waals surface area (Å²) in [5.74, 6) is 0.901. The molecule has 7 heteroatoms. The van der Waals surface area contributed by atoms with Crippen molar-refractivity contribution in [2.24, 2.45) is 10.4 Å². The Morgan fingerprint density at radius 3 is 2.37 bits per heavy atom. The first-order valence-corrected chi connectivity index (χ1v) is 10.4. The number of hydrogen-bond acceptors (Lipinski definition) is 4. The van der Waals surface area contributed by atoms with Crippen LogP contribution < -0.4 is 10.6 Å². The van der Waals surface area contributed by atoms with Crippen molar-refractivity contribution in [1.82, 2.24) is 10.6 Å². The van der Waals surface area contributed by atoms with Gasteiger partial charge in [0.05, 0.1) is 5.60 Å². The fourth-order valence-electron chi connectivity index (χ4n) is 4.07. The lowest BCUT2D eigenvalue weighted by Gasteiger charge is -2.36. The minimum Gasteiger partial charge on any atom is -0.382 e. The van der Waals surface area contributed by atoms with Crippen molar-refractivity contribution in [1.29, 1.82) is 0 Å². The van der Waals surface area contributed by atoms with Crippen molar-refractivity contribution in [3.8, 4) is 0 Å². The Labute approximate surface area is 182 Å². The predicted molar refractivity (Wildman–Crippen MR) is 121 cm³/mol.